The molecule has 37 heavy (non-hydrogen) atoms. The molecule has 1 aromatic rings. The number of ketones is 2. The number of Topliss-reactive ketones (excluding diaryl/α,β-unsaturated/α-hetero) is 2. The minimum absolute atomic E-state index is 0.00147. The number of aliphatic hydroxyl groups is 2. The van der Waals surface area contributed by atoms with Crippen LogP contribution in [0.1, 0.15) is 41.3 Å². The number of phenolic OH excluding ortho intramolecular Hbond substituents is 1. The number of carbonyl (C=O) groups is 4. The van der Waals surface area contributed by atoms with Crippen molar-refractivity contribution in [3.05, 3.63) is 51.5 Å². The third-order valence-corrected chi connectivity index (χ3v) is 7.41. The summed E-state index contributed by atoms with van der Waals surface area (Å²) in [6.45, 7) is 2.20. The Balaban J connectivity index is 1.76. The van der Waals surface area contributed by atoms with Crippen LogP contribution in [-0.4, -0.2) is 70.5 Å². The zero-order chi connectivity index (χ0) is 27.2. The van der Waals surface area contributed by atoms with Gasteiger partial charge in [0.2, 0.25) is 0 Å². The van der Waals surface area contributed by atoms with E-state index in [0.29, 0.717) is 17.5 Å². The number of amides is 2. The van der Waals surface area contributed by atoms with Gasteiger partial charge < -0.3 is 31.1 Å². The Bertz CT molecular complexity index is 1250. The van der Waals surface area contributed by atoms with Gasteiger partial charge in [-0.25, -0.2) is 4.79 Å². The summed E-state index contributed by atoms with van der Waals surface area (Å²) in [4.78, 5) is 52.4. The molecule has 3 aliphatic carbocycles. The average molecular weight is 514 g/mol. The lowest BCUT2D eigenvalue weighted by atomic mass is 9.60. The molecular weight excluding hydrogens is 482 g/mol. The van der Waals surface area contributed by atoms with E-state index in [-0.39, 0.29) is 42.9 Å². The molecule has 2 amide bonds. The van der Waals surface area contributed by atoms with Crippen LogP contribution < -0.4 is 11.1 Å². The van der Waals surface area contributed by atoms with Crippen LogP contribution in [0.2, 0.25) is 0 Å². The summed E-state index contributed by atoms with van der Waals surface area (Å²) in [5.74, 6) is -6.14. The molecule has 0 radical (unpaired) electrons. The monoisotopic (exact) mass is 513 g/mol. The zero-order valence-corrected chi connectivity index (χ0v) is 20.9. The van der Waals surface area contributed by atoms with Crippen LogP contribution >= 0.6 is 0 Å². The van der Waals surface area contributed by atoms with Gasteiger partial charge in [0.1, 0.15) is 22.8 Å². The number of nitrogens with zero attached hydrogens (tertiary/aromatic N) is 1. The molecule has 4 rings (SSSR count). The number of nitrogens with one attached hydrogen (secondary N) is 1. The van der Waals surface area contributed by atoms with Gasteiger partial charge in [-0.05, 0) is 62.4 Å². The lowest BCUT2D eigenvalue weighted by Gasteiger charge is -2.46. The van der Waals surface area contributed by atoms with E-state index in [2.05, 4.69) is 5.32 Å². The Morgan fingerprint density at radius 3 is 2.49 bits per heavy atom. The van der Waals surface area contributed by atoms with Crippen LogP contribution in [0.4, 0.5) is 4.79 Å². The normalized spacial score (nSPS) is 25.0. The minimum atomic E-state index is -1.23. The predicted octanol–water partition coefficient (Wildman–Crippen LogP) is 1.64. The molecule has 4 atom stereocenters. The SMILES string of the molecule is CCCOC(=O)NCc1ccc(O)c2c1C[C@H]1C[C@@H]3C(C(=O)C(C(N)=O)=C(O)[C@H]3N(C)C)C(O)=C1C2=O. The minimum Gasteiger partial charge on any atom is -0.511 e. The second kappa shape index (κ2) is 9.89. The number of rotatable bonds is 6. The second-order valence-corrected chi connectivity index (χ2v) is 9.89. The first-order valence-corrected chi connectivity index (χ1v) is 12.1. The standard InChI is InChI=1S/C26H31N3O8/c1-4-7-37-26(36)28-10-11-5-6-15(30)17-13(11)8-12-9-14-18(22(32)16(12)21(17)31)23(33)19(25(27)35)24(34)20(14)29(2)3/h5-6,12,14,18,20,30,32,34H,4,7-10H2,1-3H3,(H2,27,35)(H,28,36)/t12-,14+,18?,20-/m0/s1. The zero-order valence-electron chi connectivity index (χ0n) is 20.9. The van der Waals surface area contributed by atoms with Crippen molar-refractivity contribution in [2.24, 2.45) is 23.5 Å². The number of phenols is 1. The summed E-state index contributed by atoms with van der Waals surface area (Å²) in [6.07, 6.45) is 0.564. The highest BCUT2D eigenvalue weighted by Crippen LogP contribution is 2.50. The summed E-state index contributed by atoms with van der Waals surface area (Å²) in [7, 11) is 3.34. The Labute approximate surface area is 213 Å². The Morgan fingerprint density at radius 1 is 1.16 bits per heavy atom. The molecule has 0 aromatic heterocycles. The number of fused-ring (bicyclic) bond motifs is 3. The van der Waals surface area contributed by atoms with Gasteiger partial charge in [-0.1, -0.05) is 13.0 Å². The van der Waals surface area contributed by atoms with E-state index in [9.17, 15) is 34.5 Å². The van der Waals surface area contributed by atoms with Gasteiger partial charge in [-0.3, -0.25) is 19.3 Å². The average Bonchev–Trinajstić information content (AvgIpc) is 2.81. The van der Waals surface area contributed by atoms with Gasteiger partial charge in [0.25, 0.3) is 5.91 Å². The summed E-state index contributed by atoms with van der Waals surface area (Å²) in [5, 5.41) is 35.3. The molecule has 198 valence electrons. The van der Waals surface area contributed by atoms with Crippen molar-refractivity contribution in [1.82, 2.24) is 10.2 Å². The smallest absolute Gasteiger partial charge is 0.407 e. The first-order chi connectivity index (χ1) is 17.5. The number of aromatic hydroxyl groups is 1. The highest BCUT2D eigenvalue weighted by Gasteiger charge is 2.54. The van der Waals surface area contributed by atoms with Crippen molar-refractivity contribution in [3.8, 4) is 5.75 Å². The highest BCUT2D eigenvalue weighted by molar-refractivity contribution is 6.22. The molecule has 0 saturated heterocycles. The summed E-state index contributed by atoms with van der Waals surface area (Å²) >= 11 is 0. The van der Waals surface area contributed by atoms with Gasteiger partial charge in [-0.2, -0.15) is 0 Å². The predicted molar refractivity (Wildman–Crippen MR) is 131 cm³/mol. The number of likely N-dealkylation sites (N-methyl/N-ethyl adjacent to an activating group) is 1. The molecule has 1 unspecified atom stereocenters. The number of allylic oxidation sites excluding steroid dienone is 2. The third-order valence-electron chi connectivity index (χ3n) is 7.41. The first-order valence-electron chi connectivity index (χ1n) is 12.1. The molecular formula is C26H31N3O8. The van der Waals surface area contributed by atoms with Crippen LogP contribution in [0.15, 0.2) is 34.8 Å². The molecule has 0 fully saturated rings. The van der Waals surface area contributed by atoms with E-state index in [1.807, 2.05) is 6.92 Å². The van der Waals surface area contributed by atoms with Gasteiger partial charge >= 0.3 is 6.09 Å². The second-order valence-electron chi connectivity index (χ2n) is 9.89. The van der Waals surface area contributed by atoms with Crippen LogP contribution in [0.3, 0.4) is 0 Å². The van der Waals surface area contributed by atoms with E-state index < -0.39 is 64.5 Å². The van der Waals surface area contributed by atoms with E-state index in [0.717, 1.165) is 0 Å². The van der Waals surface area contributed by atoms with E-state index in [1.54, 1.807) is 25.1 Å². The maximum atomic E-state index is 13.6. The molecule has 0 aliphatic heterocycles. The molecule has 0 heterocycles. The number of ether oxygens (including phenoxy) is 1. The number of alkyl carbamates (subject to hydrolysis) is 1. The van der Waals surface area contributed by atoms with Crippen LogP contribution in [-0.2, 0) is 27.3 Å². The number of primary amides is 1. The molecule has 0 spiro atoms. The fraction of sp³-hybridized carbons (Fsp3) is 0.462. The Kier molecular flexibility index (Phi) is 7.00. The number of benzene rings is 1. The fourth-order valence-electron chi connectivity index (χ4n) is 5.91. The number of hydrogen-bond donors (Lipinski definition) is 5. The van der Waals surface area contributed by atoms with Gasteiger partial charge in [0.05, 0.1) is 24.1 Å². The van der Waals surface area contributed by atoms with Crippen LogP contribution in [0.25, 0.3) is 0 Å². The van der Waals surface area contributed by atoms with Crippen molar-refractivity contribution in [1.29, 1.82) is 0 Å². The first kappa shape index (κ1) is 26.2. The molecule has 0 bridgehead atoms. The Hall–Kier alpha value is -3.86. The van der Waals surface area contributed by atoms with Gasteiger partial charge in [-0.15, -0.1) is 0 Å². The van der Waals surface area contributed by atoms with Crippen LogP contribution in [0, 0.1) is 17.8 Å². The summed E-state index contributed by atoms with van der Waals surface area (Å²) < 4.78 is 5.04. The van der Waals surface area contributed by atoms with E-state index in [1.165, 1.54) is 6.07 Å². The van der Waals surface area contributed by atoms with Crippen molar-refractivity contribution in [2.75, 3.05) is 20.7 Å². The lowest BCUT2D eigenvalue weighted by molar-refractivity contribution is -0.127. The highest BCUT2D eigenvalue weighted by atomic mass is 16.5. The fourth-order valence-corrected chi connectivity index (χ4v) is 5.91. The van der Waals surface area contributed by atoms with E-state index >= 15 is 0 Å². The maximum absolute atomic E-state index is 13.6. The van der Waals surface area contributed by atoms with E-state index in [4.69, 9.17) is 10.5 Å². The lowest BCUT2D eigenvalue weighted by Crippen LogP contribution is -2.53. The summed E-state index contributed by atoms with van der Waals surface area (Å²) in [5.41, 5.74) is 5.94. The molecule has 1 aromatic carbocycles. The third kappa shape index (κ3) is 4.33. The van der Waals surface area contributed by atoms with Crippen molar-refractivity contribution in [3.63, 3.8) is 0 Å². The van der Waals surface area contributed by atoms with Crippen molar-refractivity contribution >= 4 is 23.6 Å². The number of nitrogens with two attached hydrogens (primary N) is 1. The molecule has 6 N–H and O–H groups in total. The topological polar surface area (TPSA) is 179 Å². The molecule has 3 aliphatic rings. The Morgan fingerprint density at radius 2 is 1.86 bits per heavy atom. The maximum Gasteiger partial charge on any atom is 0.407 e. The van der Waals surface area contributed by atoms with Crippen molar-refractivity contribution in [2.45, 2.75) is 38.8 Å². The molecule has 0 saturated carbocycles. The largest absolute Gasteiger partial charge is 0.511 e. The van der Waals surface area contributed by atoms with Gasteiger partial charge in [0, 0.05) is 12.1 Å². The molecule has 11 heteroatoms. The van der Waals surface area contributed by atoms with Gasteiger partial charge in [0.15, 0.2) is 11.6 Å². The quantitative estimate of drug-likeness (QED) is 0.353. The van der Waals surface area contributed by atoms with Crippen LogP contribution in [0.5, 0.6) is 5.75 Å². The number of carbonyl (C=O) groups excluding carboxylic acids is 4. The molecule has 11 nitrogen and oxygen atoms in total. The van der Waals surface area contributed by atoms with Crippen molar-refractivity contribution < 1.29 is 39.2 Å². The summed E-state index contributed by atoms with van der Waals surface area (Å²) in [6, 6.07) is 2.17. The number of hydrogen-bond acceptors (Lipinski definition) is 9. The number of aliphatic hydroxyl groups excluding tert-OH is 2.